The molecule has 1 aromatic rings. The lowest BCUT2D eigenvalue weighted by Crippen LogP contribution is -2.32. The van der Waals surface area contributed by atoms with Gasteiger partial charge in [0.1, 0.15) is 13.2 Å². The van der Waals surface area contributed by atoms with Crippen LogP contribution in [0.5, 0.6) is 0 Å². The molecule has 6 heteroatoms. The molecule has 1 heterocycles. The summed E-state index contributed by atoms with van der Waals surface area (Å²) in [6, 6.07) is 5.72. The van der Waals surface area contributed by atoms with E-state index in [9.17, 15) is 9.59 Å². The minimum atomic E-state index is -0.0856. The van der Waals surface area contributed by atoms with Crippen molar-refractivity contribution in [1.29, 1.82) is 0 Å². The number of hydrogen-bond donors (Lipinski definition) is 0. The summed E-state index contributed by atoms with van der Waals surface area (Å²) < 4.78 is 10.2. The van der Waals surface area contributed by atoms with Crippen molar-refractivity contribution in [3.63, 3.8) is 0 Å². The number of amides is 1. The lowest BCUT2D eigenvalue weighted by molar-refractivity contribution is -0.135. The molecule has 0 N–H and O–H groups in total. The molecule has 21 heavy (non-hydrogen) atoms. The van der Waals surface area contributed by atoms with Gasteiger partial charge in [-0.1, -0.05) is 6.07 Å². The van der Waals surface area contributed by atoms with Crippen LogP contribution >= 0.6 is 0 Å². The second-order valence-corrected chi connectivity index (χ2v) is 4.69. The first-order valence-corrected chi connectivity index (χ1v) is 6.88. The number of aromatic nitrogens is 1. The van der Waals surface area contributed by atoms with E-state index in [4.69, 9.17) is 9.47 Å². The summed E-state index contributed by atoms with van der Waals surface area (Å²) in [5, 5.41) is 0. The van der Waals surface area contributed by atoms with E-state index < -0.39 is 0 Å². The number of Topliss-reactive ketones (excluding diaryl/α,β-unsaturated/α-hetero) is 1. The van der Waals surface area contributed by atoms with Crippen LogP contribution in [-0.4, -0.2) is 61.6 Å². The third kappa shape index (κ3) is 8.16. The van der Waals surface area contributed by atoms with Crippen molar-refractivity contribution in [2.24, 2.45) is 0 Å². The molecular weight excluding hydrogens is 272 g/mol. The zero-order valence-corrected chi connectivity index (χ0v) is 12.6. The molecule has 1 rings (SSSR count). The first-order chi connectivity index (χ1) is 10.1. The van der Waals surface area contributed by atoms with E-state index in [2.05, 4.69) is 4.98 Å². The molecule has 0 aromatic carbocycles. The molecule has 6 nitrogen and oxygen atoms in total. The largest absolute Gasteiger partial charge is 0.371 e. The van der Waals surface area contributed by atoms with Crippen LogP contribution in [-0.2, 0) is 25.5 Å². The molecule has 0 spiro atoms. The molecule has 1 aromatic heterocycles. The Hall–Kier alpha value is -1.79. The summed E-state index contributed by atoms with van der Waals surface area (Å²) in [6.45, 7) is 2.77. The molecule has 0 bridgehead atoms. The zero-order valence-electron chi connectivity index (χ0n) is 12.6. The van der Waals surface area contributed by atoms with Gasteiger partial charge >= 0.3 is 0 Å². The highest BCUT2D eigenvalue weighted by Gasteiger charge is 2.08. The average molecular weight is 294 g/mol. The summed E-state index contributed by atoms with van der Waals surface area (Å²) >= 11 is 0. The maximum atomic E-state index is 11.8. The zero-order chi connectivity index (χ0) is 15.5. The Bertz CT molecular complexity index is 437. The third-order valence-corrected chi connectivity index (χ3v) is 2.76. The van der Waals surface area contributed by atoms with Crippen molar-refractivity contribution < 1.29 is 19.1 Å². The SMILES string of the molecule is CC(=O)COCCOCC(=O)N(C)CCc1ccccn1. The fraction of sp³-hybridized carbons (Fsp3) is 0.533. The highest BCUT2D eigenvalue weighted by molar-refractivity contribution is 5.77. The molecule has 0 unspecified atom stereocenters. The molecule has 0 aliphatic carbocycles. The van der Waals surface area contributed by atoms with Gasteiger partial charge in [-0.05, 0) is 19.1 Å². The van der Waals surface area contributed by atoms with Crippen molar-refractivity contribution in [2.45, 2.75) is 13.3 Å². The number of carbonyl (C=O) groups is 2. The van der Waals surface area contributed by atoms with Gasteiger partial charge in [0.15, 0.2) is 5.78 Å². The summed E-state index contributed by atoms with van der Waals surface area (Å²) in [6.07, 6.45) is 2.45. The number of ketones is 1. The first kappa shape index (κ1) is 17.3. The number of nitrogens with zero attached hydrogens (tertiary/aromatic N) is 2. The number of hydrogen-bond acceptors (Lipinski definition) is 5. The number of likely N-dealkylation sites (N-methyl/N-ethyl adjacent to an activating group) is 1. The van der Waals surface area contributed by atoms with E-state index in [-0.39, 0.29) is 24.9 Å². The average Bonchev–Trinajstić information content (AvgIpc) is 2.48. The second-order valence-electron chi connectivity index (χ2n) is 4.69. The number of pyridine rings is 1. The van der Waals surface area contributed by atoms with Crippen molar-refractivity contribution in [3.8, 4) is 0 Å². The van der Waals surface area contributed by atoms with Crippen LogP contribution in [0, 0.1) is 0 Å². The lowest BCUT2D eigenvalue weighted by Gasteiger charge is -2.16. The molecule has 0 aliphatic heterocycles. The lowest BCUT2D eigenvalue weighted by atomic mass is 10.2. The monoisotopic (exact) mass is 294 g/mol. The van der Waals surface area contributed by atoms with Crippen LogP contribution in [0.15, 0.2) is 24.4 Å². The van der Waals surface area contributed by atoms with Crippen LogP contribution in [0.3, 0.4) is 0 Å². The molecule has 0 atom stereocenters. The molecule has 0 saturated carbocycles. The third-order valence-electron chi connectivity index (χ3n) is 2.76. The Kier molecular flexibility index (Phi) is 8.23. The summed E-state index contributed by atoms with van der Waals surface area (Å²) in [4.78, 5) is 28.2. The van der Waals surface area contributed by atoms with E-state index in [0.717, 1.165) is 5.69 Å². The molecule has 0 radical (unpaired) electrons. The Morgan fingerprint density at radius 2 is 1.90 bits per heavy atom. The topological polar surface area (TPSA) is 68.7 Å². The number of carbonyl (C=O) groups excluding carboxylic acids is 2. The highest BCUT2D eigenvalue weighted by Crippen LogP contribution is 1.97. The van der Waals surface area contributed by atoms with Gasteiger partial charge in [-0.2, -0.15) is 0 Å². The summed E-state index contributed by atoms with van der Waals surface area (Å²) in [5.74, 6) is -0.113. The van der Waals surface area contributed by atoms with Crippen LogP contribution in [0.1, 0.15) is 12.6 Å². The maximum Gasteiger partial charge on any atom is 0.248 e. The summed E-state index contributed by atoms with van der Waals surface area (Å²) in [5.41, 5.74) is 0.954. The van der Waals surface area contributed by atoms with E-state index in [1.807, 2.05) is 18.2 Å². The van der Waals surface area contributed by atoms with Gasteiger partial charge in [0.25, 0.3) is 0 Å². The standard InChI is InChI=1S/C15H22N2O4/c1-13(18)11-20-9-10-21-12-15(19)17(2)8-6-14-5-3-4-7-16-14/h3-5,7H,6,8-12H2,1-2H3. The number of rotatable bonds is 10. The van der Waals surface area contributed by atoms with Gasteiger partial charge in [-0.25, -0.2) is 0 Å². The van der Waals surface area contributed by atoms with E-state index in [1.165, 1.54) is 6.92 Å². The van der Waals surface area contributed by atoms with Crippen molar-refractivity contribution in [3.05, 3.63) is 30.1 Å². The molecule has 0 fully saturated rings. The molecular formula is C15H22N2O4. The fourth-order valence-corrected chi connectivity index (χ4v) is 1.56. The maximum absolute atomic E-state index is 11.8. The van der Waals surface area contributed by atoms with Crippen LogP contribution in [0.25, 0.3) is 0 Å². The minimum Gasteiger partial charge on any atom is -0.371 e. The smallest absolute Gasteiger partial charge is 0.248 e. The Morgan fingerprint density at radius 1 is 1.19 bits per heavy atom. The van der Waals surface area contributed by atoms with Crippen molar-refractivity contribution >= 4 is 11.7 Å². The second kappa shape index (κ2) is 10.0. The Labute approximate surface area is 125 Å². The predicted octanol–water partition coefficient (Wildman–Crippen LogP) is 0.705. The van der Waals surface area contributed by atoms with Gasteiger partial charge < -0.3 is 14.4 Å². The molecule has 1 amide bonds. The number of ether oxygens (including phenoxy) is 2. The van der Waals surface area contributed by atoms with Gasteiger partial charge in [-0.3, -0.25) is 14.6 Å². The first-order valence-electron chi connectivity index (χ1n) is 6.88. The Balaban J connectivity index is 2.09. The normalized spacial score (nSPS) is 10.4. The molecule has 116 valence electrons. The van der Waals surface area contributed by atoms with E-state index >= 15 is 0 Å². The Morgan fingerprint density at radius 3 is 2.52 bits per heavy atom. The highest BCUT2D eigenvalue weighted by atomic mass is 16.5. The van der Waals surface area contributed by atoms with Gasteiger partial charge in [0.05, 0.1) is 13.2 Å². The van der Waals surface area contributed by atoms with Crippen molar-refractivity contribution in [1.82, 2.24) is 9.88 Å². The molecule has 0 saturated heterocycles. The quantitative estimate of drug-likeness (QED) is 0.594. The van der Waals surface area contributed by atoms with E-state index in [0.29, 0.717) is 26.2 Å². The minimum absolute atomic E-state index is 0.0160. The summed E-state index contributed by atoms with van der Waals surface area (Å²) in [7, 11) is 1.74. The predicted molar refractivity (Wildman–Crippen MR) is 77.9 cm³/mol. The van der Waals surface area contributed by atoms with Gasteiger partial charge in [0, 0.05) is 31.9 Å². The van der Waals surface area contributed by atoms with Crippen LogP contribution in [0.4, 0.5) is 0 Å². The van der Waals surface area contributed by atoms with Crippen LogP contribution in [0.2, 0.25) is 0 Å². The van der Waals surface area contributed by atoms with Gasteiger partial charge in [-0.15, -0.1) is 0 Å². The van der Waals surface area contributed by atoms with Crippen molar-refractivity contribution in [2.75, 3.05) is 40.0 Å². The van der Waals surface area contributed by atoms with Gasteiger partial charge in [0.2, 0.25) is 5.91 Å². The van der Waals surface area contributed by atoms with E-state index in [1.54, 1.807) is 18.1 Å². The fourth-order valence-electron chi connectivity index (χ4n) is 1.56. The van der Waals surface area contributed by atoms with Crippen LogP contribution < -0.4 is 0 Å². The molecule has 0 aliphatic rings.